The molecule has 0 saturated heterocycles. The first-order valence-corrected chi connectivity index (χ1v) is 16.9. The van der Waals surface area contributed by atoms with Gasteiger partial charge in [0.15, 0.2) is 5.78 Å². The highest BCUT2D eigenvalue weighted by Gasteiger charge is 2.22. The summed E-state index contributed by atoms with van der Waals surface area (Å²) in [5, 5.41) is 0. The summed E-state index contributed by atoms with van der Waals surface area (Å²) in [7, 11) is 0. The smallest absolute Gasteiger partial charge is 0.308 e. The van der Waals surface area contributed by atoms with Crippen molar-refractivity contribution in [3.8, 4) is 28.7 Å². The quantitative estimate of drug-likeness (QED) is 0.0433. The van der Waals surface area contributed by atoms with Crippen molar-refractivity contribution < 1.29 is 33.3 Å². The van der Waals surface area contributed by atoms with Crippen LogP contribution in [0.3, 0.4) is 0 Å². The van der Waals surface area contributed by atoms with Crippen molar-refractivity contribution in [2.24, 2.45) is 0 Å². The van der Waals surface area contributed by atoms with Gasteiger partial charge in [-0.15, -0.1) is 0 Å². The molecule has 6 aromatic rings. The minimum Gasteiger partial charge on any atom is -0.489 e. The van der Waals surface area contributed by atoms with E-state index in [2.05, 4.69) is 0 Å². The summed E-state index contributed by atoms with van der Waals surface area (Å²) in [6.07, 6.45) is 3.08. The minimum atomic E-state index is -0.588. The molecule has 0 N–H and O–H groups in total. The molecule has 0 radical (unpaired) electrons. The van der Waals surface area contributed by atoms with Crippen LogP contribution in [0.1, 0.15) is 45.1 Å². The number of carbonyl (C=O) groups is 2. The molecule has 0 saturated carbocycles. The lowest BCUT2D eigenvalue weighted by Gasteiger charge is -2.17. The zero-order chi connectivity index (χ0) is 36.0. The molecule has 0 unspecified atom stereocenters. The van der Waals surface area contributed by atoms with Crippen LogP contribution >= 0.6 is 0 Å². The van der Waals surface area contributed by atoms with Gasteiger partial charge in [-0.1, -0.05) is 121 Å². The van der Waals surface area contributed by atoms with E-state index in [1.807, 2.05) is 140 Å². The van der Waals surface area contributed by atoms with Crippen LogP contribution in [-0.4, -0.2) is 11.8 Å². The van der Waals surface area contributed by atoms with Gasteiger partial charge in [0, 0.05) is 30.7 Å². The molecule has 0 aliphatic heterocycles. The maximum absolute atomic E-state index is 14.1. The summed E-state index contributed by atoms with van der Waals surface area (Å²) in [6.45, 7) is 2.43. The van der Waals surface area contributed by atoms with Crippen LogP contribution in [0.15, 0.2) is 158 Å². The lowest BCUT2D eigenvalue weighted by Crippen LogP contribution is -2.10. The van der Waals surface area contributed by atoms with Gasteiger partial charge in [0.25, 0.3) is 0 Å². The molecule has 6 aromatic carbocycles. The molecule has 0 bridgehead atoms. The summed E-state index contributed by atoms with van der Waals surface area (Å²) >= 11 is 0. The highest BCUT2D eigenvalue weighted by Crippen LogP contribution is 2.37. The van der Waals surface area contributed by atoms with Crippen molar-refractivity contribution in [3.63, 3.8) is 0 Å². The van der Waals surface area contributed by atoms with E-state index in [0.717, 1.165) is 22.3 Å². The third-order valence-corrected chi connectivity index (χ3v) is 7.91. The Morgan fingerprint density at radius 3 is 1.40 bits per heavy atom. The summed E-state index contributed by atoms with van der Waals surface area (Å²) < 4.78 is 30.3. The molecule has 0 atom stereocenters. The predicted octanol–water partition coefficient (Wildman–Crippen LogP) is 9.82. The average molecular weight is 691 g/mol. The number of hydrogen-bond donors (Lipinski definition) is 0. The monoisotopic (exact) mass is 690 g/mol. The molecular formula is C45H38O7. The largest absolute Gasteiger partial charge is 0.489 e. The Bertz CT molecular complexity index is 2100. The fourth-order valence-corrected chi connectivity index (χ4v) is 5.31. The lowest BCUT2D eigenvalue weighted by molar-refractivity contribution is -0.131. The maximum atomic E-state index is 14.1. The van der Waals surface area contributed by atoms with Gasteiger partial charge in [-0.05, 0) is 46.5 Å². The van der Waals surface area contributed by atoms with E-state index in [4.69, 9.17) is 23.7 Å². The van der Waals surface area contributed by atoms with Crippen LogP contribution in [0.2, 0.25) is 0 Å². The van der Waals surface area contributed by atoms with Crippen LogP contribution in [0.4, 0.5) is 0 Å². The molecule has 0 aromatic heterocycles. The normalized spacial score (nSPS) is 10.8. The fourth-order valence-electron chi connectivity index (χ4n) is 5.31. The number of ether oxygens (including phenoxy) is 5. The number of rotatable bonds is 16. The van der Waals surface area contributed by atoms with Crippen molar-refractivity contribution in [3.05, 3.63) is 191 Å². The molecule has 0 fully saturated rings. The van der Waals surface area contributed by atoms with Crippen LogP contribution < -0.4 is 23.7 Å². The molecule has 0 aliphatic rings. The molecular weight excluding hydrogens is 652 g/mol. The maximum Gasteiger partial charge on any atom is 0.308 e. The molecule has 0 heterocycles. The Hall–Kier alpha value is -6.60. The fraction of sp³-hybridized carbons (Fsp3) is 0.111. The Morgan fingerprint density at radius 2 is 0.904 bits per heavy atom. The number of allylic oxidation sites excluding steroid dienone is 1. The molecule has 260 valence electrons. The van der Waals surface area contributed by atoms with Crippen molar-refractivity contribution in [2.75, 3.05) is 0 Å². The first-order valence-electron chi connectivity index (χ1n) is 16.9. The highest BCUT2D eigenvalue weighted by molar-refractivity contribution is 6.11. The Morgan fingerprint density at radius 1 is 0.481 bits per heavy atom. The third-order valence-electron chi connectivity index (χ3n) is 7.91. The first-order chi connectivity index (χ1) is 25.5. The van der Waals surface area contributed by atoms with Crippen LogP contribution in [0.25, 0.3) is 6.08 Å². The second kappa shape index (κ2) is 17.9. The molecule has 0 amide bonds. The van der Waals surface area contributed by atoms with E-state index in [1.165, 1.54) is 19.1 Å². The Balaban J connectivity index is 1.31. The van der Waals surface area contributed by atoms with Crippen molar-refractivity contribution in [1.29, 1.82) is 0 Å². The van der Waals surface area contributed by atoms with Gasteiger partial charge in [0.05, 0.1) is 0 Å². The molecule has 6 rings (SSSR count). The second-order valence-electron chi connectivity index (χ2n) is 11.9. The Labute approximate surface area is 303 Å². The number of ketones is 1. The molecule has 7 heteroatoms. The number of carbonyl (C=O) groups excluding carboxylic acids is 2. The van der Waals surface area contributed by atoms with Crippen molar-refractivity contribution in [2.45, 2.75) is 33.4 Å². The van der Waals surface area contributed by atoms with E-state index < -0.39 is 11.8 Å². The molecule has 52 heavy (non-hydrogen) atoms. The minimum absolute atomic E-state index is 0.0287. The Kier molecular flexibility index (Phi) is 12.1. The SMILES string of the molecule is CC(=O)Oc1cc(OCc2ccccc2)cc(OCc2ccccc2)c1C(=O)/C=C/c1ccc(OCc2ccccc2)cc1OCc1ccccc1. The lowest BCUT2D eigenvalue weighted by atomic mass is 10.1. The molecule has 7 nitrogen and oxygen atoms in total. The van der Waals surface area contributed by atoms with Crippen LogP contribution in [0.5, 0.6) is 28.7 Å². The molecule has 0 aliphatic carbocycles. The van der Waals surface area contributed by atoms with E-state index in [0.29, 0.717) is 36.0 Å². The van der Waals surface area contributed by atoms with E-state index in [1.54, 1.807) is 12.1 Å². The second-order valence-corrected chi connectivity index (χ2v) is 11.9. The third kappa shape index (κ3) is 10.2. The van der Waals surface area contributed by atoms with Gasteiger partial charge in [0.1, 0.15) is 60.7 Å². The first kappa shape index (κ1) is 35.2. The summed E-state index contributed by atoms with van der Waals surface area (Å²) in [6, 6.07) is 47.6. The zero-order valence-electron chi connectivity index (χ0n) is 28.8. The predicted molar refractivity (Wildman–Crippen MR) is 201 cm³/mol. The van der Waals surface area contributed by atoms with Gasteiger partial charge >= 0.3 is 5.97 Å². The van der Waals surface area contributed by atoms with Crippen molar-refractivity contribution >= 4 is 17.8 Å². The topological polar surface area (TPSA) is 80.3 Å². The summed E-state index contributed by atoms with van der Waals surface area (Å²) in [4.78, 5) is 26.4. The van der Waals surface area contributed by atoms with Gasteiger partial charge in [-0.2, -0.15) is 0 Å². The zero-order valence-corrected chi connectivity index (χ0v) is 28.8. The highest BCUT2D eigenvalue weighted by atomic mass is 16.5. The van der Waals surface area contributed by atoms with E-state index in [9.17, 15) is 9.59 Å². The van der Waals surface area contributed by atoms with Crippen LogP contribution in [-0.2, 0) is 31.2 Å². The number of esters is 1. The van der Waals surface area contributed by atoms with E-state index >= 15 is 0 Å². The van der Waals surface area contributed by atoms with Gasteiger partial charge in [-0.25, -0.2) is 0 Å². The van der Waals surface area contributed by atoms with E-state index in [-0.39, 0.29) is 30.3 Å². The molecule has 0 spiro atoms. The number of hydrogen-bond acceptors (Lipinski definition) is 7. The van der Waals surface area contributed by atoms with Gasteiger partial charge in [-0.3, -0.25) is 9.59 Å². The van der Waals surface area contributed by atoms with Crippen LogP contribution in [0, 0.1) is 0 Å². The summed E-state index contributed by atoms with van der Waals surface area (Å²) in [5.41, 5.74) is 4.62. The standard InChI is InChI=1S/C45H38O7/c1-33(46)52-44-28-40(49-30-35-16-8-3-9-17-35)27-43(51-32-37-20-12-5-13-21-37)45(44)41(47)25-23-38-22-24-39(48-29-34-14-6-2-7-15-34)26-42(38)50-31-36-18-10-4-11-19-36/h2-28H,29-32H2,1H3/b25-23+. The van der Waals surface area contributed by atoms with Gasteiger partial charge < -0.3 is 23.7 Å². The number of benzene rings is 6. The average Bonchev–Trinajstić information content (AvgIpc) is 3.18. The summed E-state index contributed by atoms with van der Waals surface area (Å²) in [5.74, 6) is 0.749. The van der Waals surface area contributed by atoms with Crippen molar-refractivity contribution in [1.82, 2.24) is 0 Å². The van der Waals surface area contributed by atoms with Gasteiger partial charge in [0.2, 0.25) is 0 Å².